The molecule has 3 heteroatoms. The molecule has 0 aliphatic heterocycles. The highest BCUT2D eigenvalue weighted by molar-refractivity contribution is 7.80. The quantitative estimate of drug-likeness (QED) is 0.620. The largest absolute Gasteiger partial charge is 0.298 e. The normalized spacial score (nSPS) is 12.6. The van der Waals surface area contributed by atoms with Crippen LogP contribution in [0.2, 0.25) is 0 Å². The number of thiol groups is 1. The Balaban J connectivity index is 3.15. The summed E-state index contributed by atoms with van der Waals surface area (Å²) in [6.07, 6.45) is 0.897. The van der Waals surface area contributed by atoms with Crippen molar-refractivity contribution in [1.29, 1.82) is 0 Å². The Kier molecular flexibility index (Phi) is 4.02. The maximum atomic E-state index is 11.1. The molecule has 0 amide bonds. The van der Waals surface area contributed by atoms with E-state index < -0.39 is 5.38 Å². The average Bonchev–Trinajstić information content (AvgIpc) is 2.17. The molecule has 1 aromatic carbocycles. The summed E-state index contributed by atoms with van der Waals surface area (Å²) in [6.45, 7) is 3.54. The number of hydrogen-bond donors (Lipinski definition) is 1. The molecule has 0 aromatic heterocycles. The lowest BCUT2D eigenvalue weighted by molar-refractivity contribution is -0.116. The fourth-order valence-corrected chi connectivity index (χ4v) is 2.01. The second-order valence-electron chi connectivity index (χ2n) is 3.18. The predicted molar refractivity (Wildman–Crippen MR) is 62.3 cm³/mol. The number of Topliss-reactive ketones (excluding diaryl/α,β-unsaturated/α-hetero) is 1. The monoisotopic (exact) mass is 228 g/mol. The summed E-state index contributed by atoms with van der Waals surface area (Å²) in [5, 5.41) is -0.575. The van der Waals surface area contributed by atoms with Gasteiger partial charge in [-0.2, -0.15) is 0 Å². The third kappa shape index (κ3) is 2.31. The molecule has 14 heavy (non-hydrogen) atoms. The number of halogens is 1. The van der Waals surface area contributed by atoms with E-state index >= 15 is 0 Å². The van der Waals surface area contributed by atoms with Gasteiger partial charge in [0, 0.05) is 4.90 Å². The standard InChI is InChI=1S/C11H13ClOS/c1-3-8-5-4-6-9(11(8)14)10(12)7(2)13/h4-6,10,14H,3H2,1-2H3. The summed E-state index contributed by atoms with van der Waals surface area (Å²) in [4.78, 5) is 12.0. The Morgan fingerprint density at radius 3 is 2.71 bits per heavy atom. The molecule has 1 aromatic rings. The number of rotatable bonds is 3. The second kappa shape index (κ2) is 4.85. The molecule has 1 nitrogen and oxygen atoms in total. The molecule has 0 heterocycles. The lowest BCUT2D eigenvalue weighted by Gasteiger charge is -2.11. The number of carbonyl (C=O) groups excluding carboxylic acids is 1. The van der Waals surface area contributed by atoms with E-state index in [1.54, 1.807) is 0 Å². The summed E-state index contributed by atoms with van der Waals surface area (Å²) in [5.74, 6) is -0.0461. The topological polar surface area (TPSA) is 17.1 Å². The summed E-state index contributed by atoms with van der Waals surface area (Å²) in [7, 11) is 0. The fourth-order valence-electron chi connectivity index (χ4n) is 1.32. The van der Waals surface area contributed by atoms with Gasteiger partial charge in [0.15, 0.2) is 5.78 Å². The van der Waals surface area contributed by atoms with E-state index in [-0.39, 0.29) is 5.78 Å². The van der Waals surface area contributed by atoms with Crippen molar-refractivity contribution in [2.75, 3.05) is 0 Å². The number of alkyl halides is 1. The molecule has 0 spiro atoms. The summed E-state index contributed by atoms with van der Waals surface area (Å²) < 4.78 is 0. The minimum absolute atomic E-state index is 0.0461. The van der Waals surface area contributed by atoms with Crippen molar-refractivity contribution >= 4 is 30.0 Å². The molecule has 0 aliphatic carbocycles. The van der Waals surface area contributed by atoms with Crippen molar-refractivity contribution in [3.05, 3.63) is 29.3 Å². The molecule has 0 saturated carbocycles. The van der Waals surface area contributed by atoms with Gasteiger partial charge in [-0.05, 0) is 24.5 Å². The fraction of sp³-hybridized carbons (Fsp3) is 0.364. The molecule has 0 aliphatic rings. The minimum Gasteiger partial charge on any atom is -0.298 e. The highest BCUT2D eigenvalue weighted by Gasteiger charge is 2.16. The first-order valence-corrected chi connectivity index (χ1v) is 5.41. The first-order valence-electron chi connectivity index (χ1n) is 4.53. The van der Waals surface area contributed by atoms with Crippen LogP contribution in [0.3, 0.4) is 0 Å². The summed E-state index contributed by atoms with van der Waals surface area (Å²) in [5.41, 5.74) is 1.93. The zero-order valence-electron chi connectivity index (χ0n) is 8.25. The average molecular weight is 229 g/mol. The molecule has 0 N–H and O–H groups in total. The van der Waals surface area contributed by atoms with E-state index in [4.69, 9.17) is 11.6 Å². The Hall–Kier alpha value is -0.470. The maximum absolute atomic E-state index is 11.1. The van der Waals surface area contributed by atoms with E-state index in [2.05, 4.69) is 19.6 Å². The molecule has 0 saturated heterocycles. The Morgan fingerprint density at radius 2 is 2.21 bits per heavy atom. The Labute approximate surface area is 94.9 Å². The van der Waals surface area contributed by atoms with Crippen molar-refractivity contribution in [3.8, 4) is 0 Å². The first-order chi connectivity index (χ1) is 6.57. The number of hydrogen-bond acceptors (Lipinski definition) is 2. The molecular weight excluding hydrogens is 216 g/mol. The van der Waals surface area contributed by atoms with Crippen LogP contribution in [-0.4, -0.2) is 5.78 Å². The van der Waals surface area contributed by atoms with Crippen LogP contribution in [-0.2, 0) is 11.2 Å². The van der Waals surface area contributed by atoms with Gasteiger partial charge in [-0.25, -0.2) is 0 Å². The van der Waals surface area contributed by atoms with E-state index in [9.17, 15) is 4.79 Å². The van der Waals surface area contributed by atoms with Crippen LogP contribution in [0.5, 0.6) is 0 Å². The van der Waals surface area contributed by atoms with Crippen molar-refractivity contribution in [3.63, 3.8) is 0 Å². The number of benzene rings is 1. The van der Waals surface area contributed by atoms with Crippen molar-refractivity contribution < 1.29 is 4.79 Å². The smallest absolute Gasteiger partial charge is 0.152 e. The summed E-state index contributed by atoms with van der Waals surface area (Å²) >= 11 is 10.4. The SMILES string of the molecule is CCc1cccc(C(Cl)C(C)=O)c1S. The van der Waals surface area contributed by atoms with Crippen LogP contribution in [0.25, 0.3) is 0 Å². The molecule has 0 bridgehead atoms. The zero-order valence-corrected chi connectivity index (χ0v) is 9.90. The third-order valence-electron chi connectivity index (χ3n) is 2.16. The maximum Gasteiger partial charge on any atom is 0.152 e. The van der Waals surface area contributed by atoms with Gasteiger partial charge in [0.05, 0.1) is 0 Å². The van der Waals surface area contributed by atoms with E-state index in [1.165, 1.54) is 6.92 Å². The van der Waals surface area contributed by atoms with Crippen molar-refractivity contribution in [2.24, 2.45) is 0 Å². The van der Waals surface area contributed by atoms with Crippen molar-refractivity contribution in [2.45, 2.75) is 30.5 Å². The molecular formula is C11H13ClOS. The lowest BCUT2D eigenvalue weighted by atomic mass is 10.0. The van der Waals surface area contributed by atoms with Crippen molar-refractivity contribution in [1.82, 2.24) is 0 Å². The molecule has 0 radical (unpaired) electrons. The Morgan fingerprint density at radius 1 is 1.57 bits per heavy atom. The molecule has 76 valence electrons. The number of carbonyl (C=O) groups is 1. The van der Waals surface area contributed by atoms with Gasteiger partial charge >= 0.3 is 0 Å². The predicted octanol–water partition coefficient (Wildman–Crippen LogP) is 3.41. The summed E-state index contributed by atoms with van der Waals surface area (Å²) in [6, 6.07) is 5.75. The van der Waals surface area contributed by atoms with Crippen LogP contribution in [0.4, 0.5) is 0 Å². The number of aryl methyl sites for hydroxylation is 1. The molecule has 1 rings (SSSR count). The Bertz CT molecular complexity index is 349. The van der Waals surface area contributed by atoms with Gasteiger partial charge in [0.2, 0.25) is 0 Å². The van der Waals surface area contributed by atoms with Gasteiger partial charge in [0.1, 0.15) is 5.38 Å². The van der Waals surface area contributed by atoms with Gasteiger partial charge in [-0.3, -0.25) is 4.79 Å². The van der Waals surface area contributed by atoms with E-state index in [0.717, 1.165) is 22.4 Å². The number of ketones is 1. The minimum atomic E-state index is -0.575. The van der Waals surface area contributed by atoms with Crippen LogP contribution in [0.1, 0.15) is 30.4 Å². The molecule has 1 unspecified atom stereocenters. The first kappa shape index (κ1) is 11.6. The van der Waals surface area contributed by atoms with Crippen LogP contribution < -0.4 is 0 Å². The molecule has 0 fully saturated rings. The highest BCUT2D eigenvalue weighted by Crippen LogP contribution is 2.29. The van der Waals surface area contributed by atoms with Gasteiger partial charge in [-0.1, -0.05) is 25.1 Å². The van der Waals surface area contributed by atoms with Gasteiger partial charge < -0.3 is 0 Å². The highest BCUT2D eigenvalue weighted by atomic mass is 35.5. The van der Waals surface area contributed by atoms with Crippen LogP contribution >= 0.6 is 24.2 Å². The third-order valence-corrected chi connectivity index (χ3v) is 3.25. The van der Waals surface area contributed by atoms with E-state index in [1.807, 2.05) is 18.2 Å². The van der Waals surface area contributed by atoms with E-state index in [0.29, 0.717) is 0 Å². The lowest BCUT2D eigenvalue weighted by Crippen LogP contribution is -2.03. The van der Waals surface area contributed by atoms with Gasteiger partial charge in [-0.15, -0.1) is 24.2 Å². The second-order valence-corrected chi connectivity index (χ2v) is 4.07. The van der Waals surface area contributed by atoms with Crippen LogP contribution in [0.15, 0.2) is 23.1 Å². The van der Waals surface area contributed by atoms with Crippen LogP contribution in [0, 0.1) is 0 Å². The molecule has 1 atom stereocenters. The van der Waals surface area contributed by atoms with Gasteiger partial charge in [0.25, 0.3) is 0 Å². The zero-order chi connectivity index (χ0) is 10.7.